The number of nitriles is 1. The molecular formula is C16H14N4S. The summed E-state index contributed by atoms with van der Waals surface area (Å²) in [5.41, 5.74) is 5.43. The van der Waals surface area contributed by atoms with Crippen molar-refractivity contribution in [3.05, 3.63) is 71.3 Å². The van der Waals surface area contributed by atoms with Gasteiger partial charge in [0.2, 0.25) is 0 Å². The zero-order valence-corrected chi connectivity index (χ0v) is 12.1. The lowest BCUT2D eigenvalue weighted by Crippen LogP contribution is -2.31. The highest BCUT2D eigenvalue weighted by Crippen LogP contribution is 2.00. The number of hydrogen-bond acceptors (Lipinski definition) is 3. The second kappa shape index (κ2) is 7.78. The second-order valence-corrected chi connectivity index (χ2v) is 4.68. The molecule has 0 aliphatic heterocycles. The molecule has 0 amide bonds. The molecular weight excluding hydrogens is 280 g/mol. The Morgan fingerprint density at radius 2 is 1.86 bits per heavy atom. The molecule has 0 spiro atoms. The van der Waals surface area contributed by atoms with Gasteiger partial charge in [0.05, 0.1) is 17.8 Å². The molecule has 0 heterocycles. The number of rotatable bonds is 4. The molecule has 4 nitrogen and oxygen atoms in total. The third-order valence-corrected chi connectivity index (χ3v) is 2.95. The molecule has 0 aliphatic carbocycles. The highest BCUT2D eigenvalue weighted by Gasteiger charge is 1.94. The maximum Gasteiger partial charge on any atom is 0.187 e. The minimum Gasteiger partial charge on any atom is -0.357 e. The van der Waals surface area contributed by atoms with Gasteiger partial charge < -0.3 is 5.32 Å². The maximum atomic E-state index is 8.71. The van der Waals surface area contributed by atoms with E-state index in [0.717, 1.165) is 11.1 Å². The fourth-order valence-corrected chi connectivity index (χ4v) is 1.75. The summed E-state index contributed by atoms with van der Waals surface area (Å²) in [4.78, 5) is 0. The fraction of sp³-hybridized carbons (Fsp3) is 0.0625. The van der Waals surface area contributed by atoms with Crippen LogP contribution in [-0.2, 0) is 6.54 Å². The highest BCUT2D eigenvalue weighted by molar-refractivity contribution is 7.80. The molecule has 2 aromatic carbocycles. The van der Waals surface area contributed by atoms with Crippen LogP contribution in [-0.4, -0.2) is 11.3 Å². The largest absolute Gasteiger partial charge is 0.357 e. The van der Waals surface area contributed by atoms with Gasteiger partial charge in [0.15, 0.2) is 5.11 Å². The van der Waals surface area contributed by atoms with Crippen molar-refractivity contribution < 1.29 is 0 Å². The van der Waals surface area contributed by atoms with Gasteiger partial charge in [-0.2, -0.15) is 10.4 Å². The average molecular weight is 294 g/mol. The van der Waals surface area contributed by atoms with E-state index in [2.05, 4.69) is 21.9 Å². The number of hydrogen-bond donors (Lipinski definition) is 2. The van der Waals surface area contributed by atoms with Crippen LogP contribution in [0.2, 0.25) is 0 Å². The molecule has 2 N–H and O–H groups in total. The van der Waals surface area contributed by atoms with E-state index in [-0.39, 0.29) is 0 Å². The standard InChI is InChI=1S/C16H14N4S/c17-10-13-6-8-15(9-7-13)12-19-20-16(21)18-11-14-4-2-1-3-5-14/h1-9,12H,11H2,(H2,18,20,21)/b19-12-. The summed E-state index contributed by atoms with van der Waals surface area (Å²) in [6, 6.07) is 19.2. The van der Waals surface area contributed by atoms with Crippen molar-refractivity contribution in [3.63, 3.8) is 0 Å². The van der Waals surface area contributed by atoms with Crippen LogP contribution in [0.3, 0.4) is 0 Å². The zero-order chi connectivity index (χ0) is 14.9. The van der Waals surface area contributed by atoms with Crippen LogP contribution in [0.25, 0.3) is 0 Å². The molecule has 0 aliphatic rings. The SMILES string of the molecule is N#Cc1ccc(/C=N\NC(=S)NCc2ccccc2)cc1. The molecule has 0 unspecified atom stereocenters. The Hall–Kier alpha value is -2.71. The molecule has 21 heavy (non-hydrogen) atoms. The smallest absolute Gasteiger partial charge is 0.187 e. The Labute approximate surface area is 129 Å². The van der Waals surface area contributed by atoms with Crippen molar-refractivity contribution in [3.8, 4) is 6.07 Å². The van der Waals surface area contributed by atoms with Gasteiger partial charge in [-0.25, -0.2) is 0 Å². The summed E-state index contributed by atoms with van der Waals surface area (Å²) < 4.78 is 0. The molecule has 2 aromatic rings. The van der Waals surface area contributed by atoms with Gasteiger partial charge in [0, 0.05) is 6.54 Å². The quantitative estimate of drug-likeness (QED) is 0.517. The third kappa shape index (κ3) is 5.05. The summed E-state index contributed by atoms with van der Waals surface area (Å²) in [5.74, 6) is 0. The Balaban J connectivity index is 1.78. The molecule has 0 atom stereocenters. The summed E-state index contributed by atoms with van der Waals surface area (Å²) in [6.07, 6.45) is 1.65. The molecule has 104 valence electrons. The van der Waals surface area contributed by atoms with Crippen molar-refractivity contribution in [1.29, 1.82) is 5.26 Å². The zero-order valence-electron chi connectivity index (χ0n) is 11.3. The van der Waals surface area contributed by atoms with Crippen LogP contribution in [0.15, 0.2) is 59.7 Å². The predicted molar refractivity (Wildman–Crippen MR) is 87.8 cm³/mol. The monoisotopic (exact) mass is 294 g/mol. The fourth-order valence-electron chi connectivity index (χ4n) is 1.63. The first-order valence-corrected chi connectivity index (χ1v) is 6.80. The van der Waals surface area contributed by atoms with Crippen molar-refractivity contribution >= 4 is 23.5 Å². The van der Waals surface area contributed by atoms with E-state index in [1.54, 1.807) is 18.3 Å². The minimum atomic E-state index is 0.462. The summed E-state index contributed by atoms with van der Waals surface area (Å²) in [5, 5.41) is 16.3. The Morgan fingerprint density at radius 3 is 2.52 bits per heavy atom. The average Bonchev–Trinajstić information content (AvgIpc) is 2.54. The van der Waals surface area contributed by atoms with Crippen LogP contribution in [0.4, 0.5) is 0 Å². The van der Waals surface area contributed by atoms with Gasteiger partial charge >= 0.3 is 0 Å². The number of thiocarbonyl (C=S) groups is 1. The summed E-state index contributed by atoms with van der Waals surface area (Å²) >= 11 is 5.13. The second-order valence-electron chi connectivity index (χ2n) is 4.27. The van der Waals surface area contributed by atoms with Crippen LogP contribution < -0.4 is 10.7 Å². The highest BCUT2D eigenvalue weighted by atomic mass is 32.1. The van der Waals surface area contributed by atoms with E-state index in [1.807, 2.05) is 42.5 Å². The summed E-state index contributed by atoms with van der Waals surface area (Å²) in [7, 11) is 0. The molecule has 0 fully saturated rings. The van der Waals surface area contributed by atoms with Gasteiger partial charge in [0.25, 0.3) is 0 Å². The van der Waals surface area contributed by atoms with E-state index < -0.39 is 0 Å². The molecule has 0 aromatic heterocycles. The number of nitrogens with one attached hydrogen (secondary N) is 2. The summed E-state index contributed by atoms with van der Waals surface area (Å²) in [6.45, 7) is 0.652. The Morgan fingerprint density at radius 1 is 1.14 bits per heavy atom. The molecule has 0 saturated heterocycles. The number of hydrazone groups is 1. The van der Waals surface area contributed by atoms with Gasteiger partial charge in [0.1, 0.15) is 0 Å². The van der Waals surface area contributed by atoms with E-state index in [4.69, 9.17) is 17.5 Å². The van der Waals surface area contributed by atoms with E-state index in [1.165, 1.54) is 0 Å². The molecule has 0 saturated carbocycles. The first-order valence-electron chi connectivity index (χ1n) is 6.39. The van der Waals surface area contributed by atoms with Gasteiger partial charge in [-0.15, -0.1) is 0 Å². The van der Waals surface area contributed by atoms with Gasteiger partial charge in [-0.3, -0.25) is 5.43 Å². The minimum absolute atomic E-state index is 0.462. The van der Waals surface area contributed by atoms with Crippen LogP contribution in [0.1, 0.15) is 16.7 Å². The van der Waals surface area contributed by atoms with E-state index in [0.29, 0.717) is 17.2 Å². The van der Waals surface area contributed by atoms with Gasteiger partial charge in [-0.05, 0) is 35.5 Å². The number of nitrogens with zero attached hydrogens (tertiary/aromatic N) is 2. The van der Waals surface area contributed by atoms with Crippen LogP contribution >= 0.6 is 12.2 Å². The third-order valence-electron chi connectivity index (χ3n) is 2.72. The lowest BCUT2D eigenvalue weighted by atomic mass is 10.2. The first kappa shape index (κ1) is 14.7. The molecule has 2 rings (SSSR count). The Kier molecular flexibility index (Phi) is 5.44. The molecule has 0 bridgehead atoms. The van der Waals surface area contributed by atoms with Crippen molar-refractivity contribution in [2.45, 2.75) is 6.54 Å². The number of benzene rings is 2. The van der Waals surface area contributed by atoms with Crippen molar-refractivity contribution in [2.75, 3.05) is 0 Å². The van der Waals surface area contributed by atoms with Crippen LogP contribution in [0, 0.1) is 11.3 Å². The van der Waals surface area contributed by atoms with E-state index >= 15 is 0 Å². The molecule has 0 radical (unpaired) electrons. The van der Waals surface area contributed by atoms with Crippen molar-refractivity contribution in [1.82, 2.24) is 10.7 Å². The normalized spacial score (nSPS) is 10.0. The topological polar surface area (TPSA) is 60.2 Å². The van der Waals surface area contributed by atoms with Crippen LogP contribution in [0.5, 0.6) is 0 Å². The Bertz CT molecular complexity index is 657. The predicted octanol–water partition coefficient (Wildman–Crippen LogP) is 2.56. The first-order chi connectivity index (χ1) is 10.3. The molecule has 5 heteroatoms. The van der Waals surface area contributed by atoms with Gasteiger partial charge in [-0.1, -0.05) is 42.5 Å². The lowest BCUT2D eigenvalue weighted by molar-refractivity contribution is 0.869. The van der Waals surface area contributed by atoms with E-state index in [9.17, 15) is 0 Å². The lowest BCUT2D eigenvalue weighted by Gasteiger charge is -2.06. The maximum absolute atomic E-state index is 8.71. The van der Waals surface area contributed by atoms with Crippen molar-refractivity contribution in [2.24, 2.45) is 5.10 Å².